The van der Waals surface area contributed by atoms with E-state index in [9.17, 15) is 29.1 Å². The summed E-state index contributed by atoms with van der Waals surface area (Å²) in [5.41, 5.74) is 5.77. The van der Waals surface area contributed by atoms with Gasteiger partial charge in [-0.1, -0.05) is 160 Å². The van der Waals surface area contributed by atoms with Crippen LogP contribution in [0.1, 0.15) is 232 Å². The van der Waals surface area contributed by atoms with Crippen molar-refractivity contribution >= 4 is 63.1 Å². The number of nitrogens with zero attached hydrogens (tertiary/aromatic N) is 4. The first-order valence-corrected chi connectivity index (χ1v) is 34.4. The van der Waals surface area contributed by atoms with Crippen LogP contribution >= 0.6 is 0 Å². The van der Waals surface area contributed by atoms with Crippen molar-refractivity contribution in [1.29, 1.82) is 0 Å². The summed E-state index contributed by atoms with van der Waals surface area (Å²) in [5.74, 6) is 2.85. The summed E-state index contributed by atoms with van der Waals surface area (Å²) in [4.78, 5) is 74.3. The molecule has 0 saturated heterocycles. The zero-order chi connectivity index (χ0) is 63.6. The van der Waals surface area contributed by atoms with Gasteiger partial charge in [0, 0.05) is 59.1 Å². The Labute approximate surface area is 534 Å². The number of anilines is 2. The van der Waals surface area contributed by atoms with Crippen molar-refractivity contribution in [2.45, 2.75) is 239 Å². The third-order valence-electron chi connectivity index (χ3n) is 19.7. The van der Waals surface area contributed by atoms with Crippen LogP contribution in [-0.2, 0) is 35.1 Å². The van der Waals surface area contributed by atoms with Crippen molar-refractivity contribution < 1.29 is 37.9 Å². The number of carbonyl (C=O) groups excluding carboxylic acids is 5. The Hall–Kier alpha value is -7.03. The predicted octanol–water partition coefficient (Wildman–Crippen LogP) is 18.1. The molecule has 4 heterocycles. The molecule has 5 unspecified atom stereocenters. The molecular weight excluding hydrogens is 1120 g/mol. The van der Waals surface area contributed by atoms with E-state index < -0.39 is 17.3 Å². The highest BCUT2D eigenvalue weighted by Crippen LogP contribution is 2.48. The minimum Gasteiger partial charge on any atom is -0.436 e. The molecule has 3 N–H and O–H groups in total. The molecule has 1 saturated carbocycles. The number of oxazole rings is 2. The number of aliphatic hydroxyl groups is 1. The van der Waals surface area contributed by atoms with Gasteiger partial charge in [-0.15, -0.1) is 0 Å². The third-order valence-corrected chi connectivity index (χ3v) is 19.7. The number of unbranched alkanes of at least 4 members (excludes halogenated alkanes) is 16. The average Bonchev–Trinajstić information content (AvgIpc) is 1.82. The lowest BCUT2D eigenvalue weighted by Crippen LogP contribution is -2.45. The molecule has 9 rings (SSSR count). The van der Waals surface area contributed by atoms with Crippen LogP contribution in [0.5, 0.6) is 0 Å². The fourth-order valence-electron chi connectivity index (χ4n) is 14.5. The van der Waals surface area contributed by atoms with Crippen LogP contribution in [-0.4, -0.2) is 55.7 Å². The number of rotatable bonds is 37. The number of hydrogen-bond acceptors (Lipinski definition) is 11. The molecule has 482 valence electrons. The van der Waals surface area contributed by atoms with Crippen LogP contribution in [0.3, 0.4) is 0 Å². The van der Waals surface area contributed by atoms with E-state index in [1.165, 1.54) is 164 Å². The van der Waals surface area contributed by atoms with Gasteiger partial charge in [0.1, 0.15) is 17.3 Å². The maximum atomic E-state index is 13.2. The van der Waals surface area contributed by atoms with E-state index in [0.29, 0.717) is 52.7 Å². The van der Waals surface area contributed by atoms with Gasteiger partial charge in [0.05, 0.1) is 11.2 Å². The van der Waals surface area contributed by atoms with Gasteiger partial charge in [-0.2, -0.15) is 0 Å². The van der Waals surface area contributed by atoms with Crippen molar-refractivity contribution in [3.8, 4) is 22.9 Å². The molecule has 14 nitrogen and oxygen atoms in total. The largest absolute Gasteiger partial charge is 0.436 e. The minimum atomic E-state index is -0.826. The van der Waals surface area contributed by atoms with E-state index in [2.05, 4.69) is 38.3 Å². The average molecular weight is 1230 g/mol. The van der Waals surface area contributed by atoms with Gasteiger partial charge in [-0.3, -0.25) is 34.2 Å². The number of nitrogens with one attached hydrogen (secondary N) is 2. The van der Waals surface area contributed by atoms with Gasteiger partial charge in [0.2, 0.25) is 17.7 Å². The first kappa shape index (κ1) is 67.4. The van der Waals surface area contributed by atoms with E-state index in [-0.39, 0.29) is 29.5 Å². The molecule has 3 aliphatic rings. The van der Waals surface area contributed by atoms with Crippen molar-refractivity contribution in [3.05, 3.63) is 120 Å². The second kappa shape index (κ2) is 32.3. The summed E-state index contributed by atoms with van der Waals surface area (Å²) in [7, 11) is 0. The van der Waals surface area contributed by atoms with Crippen LogP contribution in [0.2, 0.25) is 0 Å². The number of hydrogen-bond donors (Lipinski definition) is 3. The Bertz CT molecular complexity index is 3370. The second-order valence-electron chi connectivity index (χ2n) is 27.1. The molecule has 14 heteroatoms. The van der Waals surface area contributed by atoms with E-state index >= 15 is 0 Å². The number of amides is 5. The summed E-state index contributed by atoms with van der Waals surface area (Å²) in [5, 5.41) is 17.8. The maximum absolute atomic E-state index is 13.2. The van der Waals surface area contributed by atoms with E-state index in [1.54, 1.807) is 24.3 Å². The van der Waals surface area contributed by atoms with Gasteiger partial charge in [-0.25, -0.2) is 14.9 Å². The van der Waals surface area contributed by atoms with Crippen molar-refractivity contribution in [1.82, 2.24) is 20.2 Å². The van der Waals surface area contributed by atoms with E-state index in [0.717, 1.165) is 88.4 Å². The molecule has 0 radical (unpaired) electrons. The molecule has 90 heavy (non-hydrogen) atoms. The van der Waals surface area contributed by atoms with Gasteiger partial charge < -0.3 is 19.3 Å². The van der Waals surface area contributed by atoms with E-state index in [1.807, 2.05) is 74.5 Å². The van der Waals surface area contributed by atoms with Crippen molar-refractivity contribution in [3.63, 3.8) is 0 Å². The lowest BCUT2D eigenvalue weighted by molar-refractivity contribution is -0.143. The zero-order valence-electron chi connectivity index (χ0n) is 54.7. The number of carbonyl (C=O) groups is 5. The number of aliphatic hydroxyl groups excluding tert-OH is 1. The monoisotopic (exact) mass is 1220 g/mol. The smallest absolute Gasteiger partial charge is 0.258 e. The molecule has 1 aliphatic carbocycles. The highest BCUT2D eigenvalue weighted by atomic mass is 16.4. The quantitative estimate of drug-likeness (QED) is 0.0191. The fourth-order valence-corrected chi connectivity index (χ4v) is 14.5. The van der Waals surface area contributed by atoms with E-state index in [4.69, 9.17) is 18.8 Å². The highest BCUT2D eigenvalue weighted by molar-refractivity contribution is 6.28. The molecule has 2 aliphatic heterocycles. The fraction of sp³-hybridized carbons (Fsp3) is 0.539. The van der Waals surface area contributed by atoms with Crippen LogP contribution < -0.4 is 15.5 Å². The summed E-state index contributed by atoms with van der Waals surface area (Å²) >= 11 is 0. The number of fused-ring (bicyclic) bond motifs is 2. The molecule has 6 aromatic rings. The summed E-state index contributed by atoms with van der Waals surface area (Å²) in [6.45, 7) is 12.5. The van der Waals surface area contributed by atoms with Crippen LogP contribution in [0, 0.1) is 23.7 Å². The predicted molar refractivity (Wildman–Crippen MR) is 360 cm³/mol. The minimum absolute atomic E-state index is 0.00815. The van der Waals surface area contributed by atoms with Gasteiger partial charge in [-0.05, 0) is 168 Å². The SMILES string of the molecule is CCCCCCCCC1C(CCCCCC)CCC(CCCCCCCC(O)NC(C)(C)c2ccc3nc(-c4ccc(N5C(=O)C=CC5=O)cc4)oc3c2)C1CCCCCCCC(=O)Nc1ccc2nc(-c3ccc(C(C)(C)N4C(=O)C=CC4=O)cc3)oc2c1. The molecule has 0 bridgehead atoms. The zero-order valence-corrected chi connectivity index (χ0v) is 54.7. The Morgan fingerprint density at radius 1 is 0.544 bits per heavy atom. The molecule has 4 aromatic carbocycles. The Morgan fingerprint density at radius 3 is 1.57 bits per heavy atom. The first-order chi connectivity index (χ1) is 43.5. The second-order valence-corrected chi connectivity index (χ2v) is 27.1. The number of imide groups is 2. The molecular formula is C76H100N6O8. The summed E-state index contributed by atoms with van der Waals surface area (Å²) < 4.78 is 12.4. The van der Waals surface area contributed by atoms with Crippen molar-refractivity contribution in [2.75, 3.05) is 10.2 Å². The van der Waals surface area contributed by atoms with Crippen LogP contribution in [0.4, 0.5) is 11.4 Å². The Balaban J connectivity index is 0.710. The summed E-state index contributed by atoms with van der Waals surface area (Å²) in [6.07, 6.45) is 38.8. The lowest BCUT2D eigenvalue weighted by atomic mass is 9.61. The normalized spacial score (nSPS) is 18.3. The lowest BCUT2D eigenvalue weighted by Gasteiger charge is -2.44. The molecule has 5 amide bonds. The summed E-state index contributed by atoms with van der Waals surface area (Å²) in [6, 6.07) is 26.1. The Morgan fingerprint density at radius 2 is 1.00 bits per heavy atom. The number of aromatic nitrogens is 2. The molecule has 0 spiro atoms. The van der Waals surface area contributed by atoms with Gasteiger partial charge in [0.25, 0.3) is 23.6 Å². The van der Waals surface area contributed by atoms with Crippen molar-refractivity contribution in [2.24, 2.45) is 23.7 Å². The van der Waals surface area contributed by atoms with Gasteiger partial charge in [0.15, 0.2) is 11.2 Å². The molecule has 5 atom stereocenters. The molecule has 2 aromatic heterocycles. The molecule has 1 fully saturated rings. The number of benzene rings is 4. The first-order valence-electron chi connectivity index (χ1n) is 34.4. The van der Waals surface area contributed by atoms with Crippen LogP contribution in [0.15, 0.2) is 118 Å². The maximum Gasteiger partial charge on any atom is 0.258 e. The topological polar surface area (TPSA) is 188 Å². The van der Waals surface area contributed by atoms with Gasteiger partial charge >= 0.3 is 0 Å². The Kier molecular flexibility index (Phi) is 24.2. The standard InChI is InChI=1S/C76H100N6O8/c1-7-9-11-13-17-23-29-61-53(27-21-12-10-8-2)33-34-54(28-22-16-14-20-26-32-68(84)80-75(3,4)58-41-45-63-65(51-58)89-74(78-63)56-37-43-60(44-38-56)81-69(85)47-48-70(81)86)62(61)30-24-18-15-19-25-31-67(83)77-59-42-46-64-66(52-59)90-73(79-64)55-35-39-57(40-36-55)76(5,6)82-71(87)49-50-72(82)88/h35-54,61-62,68,80,84H,7-34H2,1-6H3,(H,77,83). The highest BCUT2D eigenvalue weighted by Gasteiger charge is 2.40. The van der Waals surface area contributed by atoms with Crippen LogP contribution in [0.25, 0.3) is 45.1 Å². The third kappa shape index (κ3) is 17.7.